The molecule has 0 bridgehead atoms. The molecule has 7 heteroatoms. The lowest BCUT2D eigenvalue weighted by Gasteiger charge is -2.15. The number of benzene rings is 1. The van der Waals surface area contributed by atoms with E-state index in [9.17, 15) is 8.42 Å². The summed E-state index contributed by atoms with van der Waals surface area (Å²) < 4.78 is 27.7. The first kappa shape index (κ1) is 15.8. The Balaban J connectivity index is 2.21. The smallest absolute Gasteiger partial charge is 0.241 e. The van der Waals surface area contributed by atoms with Crippen LogP contribution in [0.25, 0.3) is 0 Å². The summed E-state index contributed by atoms with van der Waals surface area (Å²) in [6.07, 6.45) is 4.85. The summed E-state index contributed by atoms with van der Waals surface area (Å²) in [7, 11) is -3.58. The van der Waals surface area contributed by atoms with Gasteiger partial charge in [-0.15, -0.1) is 0 Å². The van der Waals surface area contributed by atoms with Crippen molar-refractivity contribution in [3.8, 4) is 0 Å². The average molecular weight is 331 g/mol. The van der Waals surface area contributed by atoms with E-state index in [-0.39, 0.29) is 15.9 Å². The standard InChI is InChI=1S/C13H18N2O2S3/c1-19-10-7-6-9(8-10)15-20(16,17)12-5-3-2-4-11(12)13(14)18/h2-5,9-10,15H,6-8H2,1H3,(H2,14,18). The monoisotopic (exact) mass is 330 g/mol. The Labute approximate surface area is 129 Å². The third-order valence-corrected chi connectivity index (χ3v) is 6.38. The lowest BCUT2D eigenvalue weighted by atomic mass is 10.2. The zero-order chi connectivity index (χ0) is 14.8. The Morgan fingerprint density at radius 3 is 2.70 bits per heavy atom. The molecule has 20 heavy (non-hydrogen) atoms. The van der Waals surface area contributed by atoms with E-state index in [1.54, 1.807) is 30.0 Å². The van der Waals surface area contributed by atoms with Gasteiger partial charge in [0.1, 0.15) is 4.99 Å². The molecule has 2 unspecified atom stereocenters. The summed E-state index contributed by atoms with van der Waals surface area (Å²) >= 11 is 6.71. The summed E-state index contributed by atoms with van der Waals surface area (Å²) in [5.74, 6) is 0. The van der Waals surface area contributed by atoms with Crippen LogP contribution in [0.15, 0.2) is 29.2 Å². The highest BCUT2D eigenvalue weighted by Gasteiger charge is 2.29. The minimum Gasteiger partial charge on any atom is -0.389 e. The maximum Gasteiger partial charge on any atom is 0.241 e. The molecule has 0 spiro atoms. The fourth-order valence-corrected chi connectivity index (χ4v) is 4.99. The number of sulfonamides is 1. The van der Waals surface area contributed by atoms with Crippen molar-refractivity contribution in [2.75, 3.05) is 6.26 Å². The number of thiocarbonyl (C=S) groups is 1. The van der Waals surface area contributed by atoms with Gasteiger partial charge in [0.15, 0.2) is 0 Å². The van der Waals surface area contributed by atoms with Crippen molar-refractivity contribution in [3.05, 3.63) is 29.8 Å². The lowest BCUT2D eigenvalue weighted by molar-refractivity contribution is 0.552. The normalized spacial score (nSPS) is 22.9. The van der Waals surface area contributed by atoms with Crippen molar-refractivity contribution in [1.82, 2.24) is 4.72 Å². The highest BCUT2D eigenvalue weighted by atomic mass is 32.2. The van der Waals surface area contributed by atoms with Gasteiger partial charge in [-0.25, -0.2) is 13.1 Å². The van der Waals surface area contributed by atoms with Crippen molar-refractivity contribution >= 4 is 39.0 Å². The molecule has 4 nitrogen and oxygen atoms in total. The van der Waals surface area contributed by atoms with Gasteiger partial charge in [0.2, 0.25) is 10.0 Å². The van der Waals surface area contributed by atoms with E-state index in [1.807, 2.05) is 0 Å². The van der Waals surface area contributed by atoms with Crippen LogP contribution in [0.4, 0.5) is 0 Å². The molecule has 1 fully saturated rings. The summed E-state index contributed by atoms with van der Waals surface area (Å²) in [4.78, 5) is 0.263. The van der Waals surface area contributed by atoms with Crippen LogP contribution < -0.4 is 10.5 Å². The Morgan fingerprint density at radius 1 is 1.40 bits per heavy atom. The summed E-state index contributed by atoms with van der Waals surface area (Å²) in [6.45, 7) is 0. The van der Waals surface area contributed by atoms with Crippen molar-refractivity contribution in [3.63, 3.8) is 0 Å². The molecule has 1 aliphatic carbocycles. The van der Waals surface area contributed by atoms with Gasteiger partial charge >= 0.3 is 0 Å². The number of nitrogens with two attached hydrogens (primary N) is 1. The summed E-state index contributed by atoms with van der Waals surface area (Å²) in [5, 5.41) is 0.536. The Bertz CT molecular complexity index is 601. The number of hydrogen-bond acceptors (Lipinski definition) is 4. The lowest BCUT2D eigenvalue weighted by Crippen LogP contribution is -2.34. The molecule has 2 rings (SSSR count). The van der Waals surface area contributed by atoms with Crippen molar-refractivity contribution in [2.45, 2.75) is 35.4 Å². The van der Waals surface area contributed by atoms with Gasteiger partial charge in [0.25, 0.3) is 0 Å². The molecule has 0 aliphatic heterocycles. The predicted octanol–water partition coefficient (Wildman–Crippen LogP) is 1.88. The van der Waals surface area contributed by atoms with Gasteiger partial charge in [-0.1, -0.05) is 30.4 Å². The van der Waals surface area contributed by atoms with E-state index in [4.69, 9.17) is 18.0 Å². The van der Waals surface area contributed by atoms with Crippen LogP contribution in [0.5, 0.6) is 0 Å². The molecular weight excluding hydrogens is 312 g/mol. The summed E-state index contributed by atoms with van der Waals surface area (Å²) in [5.41, 5.74) is 6.00. The Hall–Kier alpha value is -0.630. The third-order valence-electron chi connectivity index (χ3n) is 3.48. The van der Waals surface area contributed by atoms with Crippen LogP contribution in [-0.2, 0) is 10.0 Å². The van der Waals surface area contributed by atoms with Gasteiger partial charge in [-0.3, -0.25) is 0 Å². The highest BCUT2D eigenvalue weighted by molar-refractivity contribution is 7.99. The van der Waals surface area contributed by atoms with E-state index >= 15 is 0 Å². The van der Waals surface area contributed by atoms with E-state index < -0.39 is 10.0 Å². The summed E-state index contributed by atoms with van der Waals surface area (Å²) in [6, 6.07) is 6.58. The molecule has 0 aromatic heterocycles. The fourth-order valence-electron chi connectivity index (χ4n) is 2.45. The highest BCUT2D eigenvalue weighted by Crippen LogP contribution is 2.29. The minimum absolute atomic E-state index is 0.00291. The molecule has 1 aliphatic rings. The van der Waals surface area contributed by atoms with Crippen LogP contribution in [-0.4, -0.2) is 31.0 Å². The SMILES string of the molecule is CSC1CCC(NS(=O)(=O)c2ccccc2C(N)=S)C1. The minimum atomic E-state index is -3.58. The first-order valence-electron chi connectivity index (χ1n) is 6.38. The fraction of sp³-hybridized carbons (Fsp3) is 0.462. The second kappa shape index (κ2) is 6.43. The average Bonchev–Trinajstić information content (AvgIpc) is 2.85. The van der Waals surface area contributed by atoms with Crippen molar-refractivity contribution < 1.29 is 8.42 Å². The van der Waals surface area contributed by atoms with Crippen LogP contribution in [0.2, 0.25) is 0 Å². The molecule has 0 amide bonds. The van der Waals surface area contributed by atoms with Gasteiger partial charge < -0.3 is 5.73 Å². The second-order valence-corrected chi connectivity index (χ2v) is 8.11. The molecule has 1 aromatic rings. The molecule has 0 radical (unpaired) electrons. The quantitative estimate of drug-likeness (QED) is 0.807. The third kappa shape index (κ3) is 3.52. The molecule has 1 saturated carbocycles. The predicted molar refractivity (Wildman–Crippen MR) is 87.6 cm³/mol. The molecule has 3 N–H and O–H groups in total. The van der Waals surface area contributed by atoms with Gasteiger partial charge in [-0.05, 0) is 31.6 Å². The van der Waals surface area contributed by atoms with E-state index in [1.165, 1.54) is 6.07 Å². The second-order valence-electron chi connectivity index (χ2n) is 4.85. The number of thioether (sulfide) groups is 1. The van der Waals surface area contributed by atoms with Crippen LogP contribution in [0.1, 0.15) is 24.8 Å². The Morgan fingerprint density at radius 2 is 2.10 bits per heavy atom. The topological polar surface area (TPSA) is 72.2 Å². The van der Waals surface area contributed by atoms with Gasteiger partial charge in [-0.2, -0.15) is 11.8 Å². The van der Waals surface area contributed by atoms with Crippen molar-refractivity contribution in [1.29, 1.82) is 0 Å². The first-order chi connectivity index (χ1) is 9.44. The maximum atomic E-state index is 12.5. The number of nitrogens with one attached hydrogen (secondary N) is 1. The zero-order valence-corrected chi connectivity index (χ0v) is 13.7. The van der Waals surface area contributed by atoms with E-state index in [0.717, 1.165) is 19.3 Å². The molecule has 110 valence electrons. The number of hydrogen-bond donors (Lipinski definition) is 2. The molecule has 0 saturated heterocycles. The largest absolute Gasteiger partial charge is 0.389 e. The van der Waals surface area contributed by atoms with E-state index in [2.05, 4.69) is 11.0 Å². The van der Waals surface area contributed by atoms with Crippen molar-refractivity contribution in [2.24, 2.45) is 5.73 Å². The molecule has 0 heterocycles. The zero-order valence-electron chi connectivity index (χ0n) is 11.2. The van der Waals surface area contributed by atoms with E-state index in [0.29, 0.717) is 10.8 Å². The Kier molecular flexibility index (Phi) is 5.06. The van der Waals surface area contributed by atoms with Crippen LogP contribution >= 0.6 is 24.0 Å². The first-order valence-corrected chi connectivity index (χ1v) is 9.56. The number of rotatable bonds is 5. The van der Waals surface area contributed by atoms with Crippen LogP contribution in [0, 0.1) is 0 Å². The molecule has 1 aromatic carbocycles. The van der Waals surface area contributed by atoms with Gasteiger partial charge in [0, 0.05) is 16.9 Å². The maximum absolute atomic E-state index is 12.5. The molecule has 2 atom stereocenters. The van der Waals surface area contributed by atoms with Crippen LogP contribution in [0.3, 0.4) is 0 Å². The van der Waals surface area contributed by atoms with Gasteiger partial charge in [0.05, 0.1) is 4.90 Å². The molecular formula is C13H18N2O2S3.